The van der Waals surface area contributed by atoms with Crippen molar-refractivity contribution in [2.24, 2.45) is 29.6 Å². The Labute approximate surface area is 143 Å². The van der Waals surface area contributed by atoms with Gasteiger partial charge < -0.3 is 4.90 Å². The highest BCUT2D eigenvalue weighted by molar-refractivity contribution is 5.68. The van der Waals surface area contributed by atoms with Gasteiger partial charge in [0.2, 0.25) is 0 Å². The van der Waals surface area contributed by atoms with Gasteiger partial charge in [0.1, 0.15) is 0 Å². The summed E-state index contributed by atoms with van der Waals surface area (Å²) in [6.07, 6.45) is 1.28. The van der Waals surface area contributed by atoms with E-state index in [-0.39, 0.29) is 0 Å². The van der Waals surface area contributed by atoms with Crippen molar-refractivity contribution in [3.05, 3.63) is 27.8 Å². The molecule has 1 fully saturated rings. The standard InChI is InChI=1S/C22H35N/c1-11-13(3)17(7)21-19(15(11)5)10-20-16(6)12(2)14(4)18(8)22(20)23(21)9/h11,13,15,17,19,21H,10H2,1-9H3. The molecule has 1 heterocycles. The van der Waals surface area contributed by atoms with Crippen LogP contribution in [0.2, 0.25) is 0 Å². The molecule has 23 heavy (non-hydrogen) atoms. The summed E-state index contributed by atoms with van der Waals surface area (Å²) in [5.41, 5.74) is 9.23. The van der Waals surface area contributed by atoms with Crippen molar-refractivity contribution < 1.29 is 0 Å². The minimum Gasteiger partial charge on any atom is -0.371 e. The molecule has 1 aliphatic carbocycles. The lowest BCUT2D eigenvalue weighted by Crippen LogP contribution is -2.56. The number of hydrogen-bond acceptors (Lipinski definition) is 1. The monoisotopic (exact) mass is 313 g/mol. The second-order valence-electron chi connectivity index (χ2n) is 8.73. The molecule has 0 radical (unpaired) electrons. The molecule has 1 saturated carbocycles. The number of rotatable bonds is 0. The van der Waals surface area contributed by atoms with Crippen molar-refractivity contribution in [2.75, 3.05) is 11.9 Å². The first kappa shape index (κ1) is 16.9. The van der Waals surface area contributed by atoms with Gasteiger partial charge in [-0.1, -0.05) is 27.7 Å². The van der Waals surface area contributed by atoms with E-state index < -0.39 is 0 Å². The first-order valence-electron chi connectivity index (χ1n) is 9.50. The van der Waals surface area contributed by atoms with Crippen molar-refractivity contribution in [3.63, 3.8) is 0 Å². The Balaban J connectivity index is 2.18. The summed E-state index contributed by atoms with van der Waals surface area (Å²) in [5, 5.41) is 0. The van der Waals surface area contributed by atoms with E-state index in [9.17, 15) is 0 Å². The molecule has 0 amide bonds. The summed E-state index contributed by atoms with van der Waals surface area (Å²) >= 11 is 0. The molecule has 6 atom stereocenters. The summed E-state index contributed by atoms with van der Waals surface area (Å²) in [6, 6.07) is 0.698. The number of fused-ring (bicyclic) bond motifs is 2. The summed E-state index contributed by atoms with van der Waals surface area (Å²) in [5.74, 6) is 4.01. The van der Waals surface area contributed by atoms with Crippen molar-refractivity contribution in [1.82, 2.24) is 0 Å². The summed E-state index contributed by atoms with van der Waals surface area (Å²) in [6.45, 7) is 19.2. The zero-order valence-electron chi connectivity index (χ0n) is 16.6. The van der Waals surface area contributed by atoms with E-state index in [2.05, 4.69) is 67.3 Å². The van der Waals surface area contributed by atoms with Crippen LogP contribution in [0, 0.1) is 57.3 Å². The SMILES string of the molecule is Cc1c(C)c(C)c2c(c1C)CC1C(C)C(C)C(C)C(C)C1N2C. The smallest absolute Gasteiger partial charge is 0.0434 e. The largest absolute Gasteiger partial charge is 0.371 e. The van der Waals surface area contributed by atoms with Crippen LogP contribution in [-0.4, -0.2) is 13.1 Å². The van der Waals surface area contributed by atoms with Crippen LogP contribution in [-0.2, 0) is 6.42 Å². The highest BCUT2D eigenvalue weighted by atomic mass is 15.2. The third-order valence-corrected chi connectivity index (χ3v) is 8.16. The molecule has 1 aromatic carbocycles. The maximum Gasteiger partial charge on any atom is 0.0434 e. The first-order valence-corrected chi connectivity index (χ1v) is 9.50. The van der Waals surface area contributed by atoms with Crippen LogP contribution in [0.3, 0.4) is 0 Å². The molecule has 2 aliphatic rings. The van der Waals surface area contributed by atoms with Crippen LogP contribution in [0.4, 0.5) is 5.69 Å². The molecule has 1 aromatic rings. The van der Waals surface area contributed by atoms with Crippen molar-refractivity contribution in [1.29, 1.82) is 0 Å². The molecule has 128 valence electrons. The third kappa shape index (κ3) is 2.18. The van der Waals surface area contributed by atoms with E-state index in [4.69, 9.17) is 0 Å². The van der Waals surface area contributed by atoms with Gasteiger partial charge in [0.15, 0.2) is 0 Å². The molecule has 3 rings (SSSR count). The molecular weight excluding hydrogens is 278 g/mol. The zero-order chi connectivity index (χ0) is 17.2. The normalized spacial score (nSPS) is 36.7. The van der Waals surface area contributed by atoms with Crippen molar-refractivity contribution in [2.45, 2.75) is 67.9 Å². The lowest BCUT2D eigenvalue weighted by Gasteiger charge is -2.55. The third-order valence-electron chi connectivity index (χ3n) is 8.16. The molecular formula is C22H35N. The Kier molecular flexibility index (Phi) is 4.06. The van der Waals surface area contributed by atoms with E-state index in [1.165, 1.54) is 23.1 Å². The van der Waals surface area contributed by atoms with Gasteiger partial charge in [-0.3, -0.25) is 0 Å². The van der Waals surface area contributed by atoms with E-state index >= 15 is 0 Å². The lowest BCUT2D eigenvalue weighted by molar-refractivity contribution is 0.0465. The van der Waals surface area contributed by atoms with Crippen LogP contribution >= 0.6 is 0 Å². The molecule has 0 bridgehead atoms. The highest BCUT2D eigenvalue weighted by Crippen LogP contribution is 2.51. The number of anilines is 1. The van der Waals surface area contributed by atoms with Gasteiger partial charge in [-0.15, -0.1) is 0 Å². The summed E-state index contributed by atoms with van der Waals surface area (Å²) < 4.78 is 0. The first-order chi connectivity index (χ1) is 10.7. The Hall–Kier alpha value is -0.980. The van der Waals surface area contributed by atoms with Gasteiger partial charge in [-0.2, -0.15) is 0 Å². The fourth-order valence-electron chi connectivity index (χ4n) is 5.79. The molecule has 0 saturated heterocycles. The minimum atomic E-state index is 0.698. The van der Waals surface area contributed by atoms with Gasteiger partial charge in [-0.05, 0) is 91.5 Å². The second-order valence-corrected chi connectivity index (χ2v) is 8.73. The number of hydrogen-bond donors (Lipinski definition) is 0. The lowest BCUT2D eigenvalue weighted by atomic mass is 9.58. The van der Waals surface area contributed by atoms with Crippen molar-refractivity contribution >= 4 is 5.69 Å². The van der Waals surface area contributed by atoms with E-state index in [1.54, 1.807) is 16.8 Å². The zero-order valence-corrected chi connectivity index (χ0v) is 16.6. The van der Waals surface area contributed by atoms with E-state index in [1.807, 2.05) is 0 Å². The second kappa shape index (κ2) is 5.53. The van der Waals surface area contributed by atoms with Gasteiger partial charge in [-0.25, -0.2) is 0 Å². The highest BCUT2D eigenvalue weighted by Gasteiger charge is 2.48. The fraction of sp³-hybridized carbons (Fsp3) is 0.727. The van der Waals surface area contributed by atoms with Gasteiger partial charge in [0, 0.05) is 18.8 Å². The molecule has 0 N–H and O–H groups in total. The molecule has 1 nitrogen and oxygen atoms in total. The van der Waals surface area contributed by atoms with Crippen LogP contribution in [0.15, 0.2) is 0 Å². The summed E-state index contributed by atoms with van der Waals surface area (Å²) in [7, 11) is 2.36. The van der Waals surface area contributed by atoms with Gasteiger partial charge in [0.25, 0.3) is 0 Å². The molecule has 0 spiro atoms. The van der Waals surface area contributed by atoms with E-state index in [0.717, 1.165) is 29.6 Å². The topological polar surface area (TPSA) is 3.24 Å². The molecule has 1 heteroatoms. The van der Waals surface area contributed by atoms with Gasteiger partial charge in [0.05, 0.1) is 0 Å². The molecule has 1 aliphatic heterocycles. The van der Waals surface area contributed by atoms with Gasteiger partial charge >= 0.3 is 0 Å². The Bertz CT molecular complexity index is 630. The Morgan fingerprint density at radius 3 is 1.83 bits per heavy atom. The minimum absolute atomic E-state index is 0.698. The van der Waals surface area contributed by atoms with Crippen molar-refractivity contribution in [3.8, 4) is 0 Å². The van der Waals surface area contributed by atoms with Crippen LogP contribution in [0.25, 0.3) is 0 Å². The van der Waals surface area contributed by atoms with E-state index in [0.29, 0.717) is 6.04 Å². The quantitative estimate of drug-likeness (QED) is 0.615. The van der Waals surface area contributed by atoms with Crippen LogP contribution in [0.5, 0.6) is 0 Å². The molecule has 0 aromatic heterocycles. The maximum atomic E-state index is 2.67. The predicted molar refractivity (Wildman–Crippen MR) is 101 cm³/mol. The Morgan fingerprint density at radius 2 is 1.22 bits per heavy atom. The predicted octanol–water partition coefficient (Wildman–Crippen LogP) is 5.46. The number of nitrogens with zero attached hydrogens (tertiary/aromatic N) is 1. The van der Waals surface area contributed by atoms with Crippen LogP contribution < -0.4 is 4.90 Å². The maximum absolute atomic E-state index is 2.67. The molecule has 6 unspecified atom stereocenters. The average molecular weight is 314 g/mol. The number of benzene rings is 1. The Morgan fingerprint density at radius 1 is 0.696 bits per heavy atom. The van der Waals surface area contributed by atoms with Crippen LogP contribution in [0.1, 0.15) is 55.5 Å². The fourth-order valence-corrected chi connectivity index (χ4v) is 5.79. The summed E-state index contributed by atoms with van der Waals surface area (Å²) in [4.78, 5) is 2.67. The average Bonchev–Trinajstić information content (AvgIpc) is 2.53.